The van der Waals surface area contributed by atoms with Crippen LogP contribution >= 0.6 is 11.3 Å². The zero-order valence-corrected chi connectivity index (χ0v) is 10.7. The molecule has 2 rings (SSSR count). The van der Waals surface area contributed by atoms with Crippen molar-refractivity contribution in [2.24, 2.45) is 0 Å². The number of ether oxygens (including phenoxy) is 1. The molecule has 2 aromatic rings. The summed E-state index contributed by atoms with van der Waals surface area (Å²) >= 11 is 1.60. The molecule has 0 radical (unpaired) electrons. The van der Waals surface area contributed by atoms with Crippen molar-refractivity contribution in [3.8, 4) is 11.9 Å². The lowest BCUT2D eigenvalue weighted by Crippen LogP contribution is -2.05. The Morgan fingerprint density at radius 3 is 3.00 bits per heavy atom. The van der Waals surface area contributed by atoms with Gasteiger partial charge in [-0.25, -0.2) is 9.97 Å². The number of hydrogen-bond acceptors (Lipinski definition) is 6. The fraction of sp³-hybridized carbons (Fsp3) is 0.250. The zero-order chi connectivity index (χ0) is 13.0. The highest BCUT2D eigenvalue weighted by atomic mass is 32.1. The Hall–Kier alpha value is -2.13. The Morgan fingerprint density at radius 2 is 2.33 bits per heavy atom. The van der Waals surface area contributed by atoms with Crippen molar-refractivity contribution in [1.82, 2.24) is 9.97 Å². The van der Waals surface area contributed by atoms with Gasteiger partial charge >= 0.3 is 0 Å². The van der Waals surface area contributed by atoms with Crippen LogP contribution in [0.15, 0.2) is 17.8 Å². The Bertz CT molecular complexity index is 588. The molecule has 5 nitrogen and oxygen atoms in total. The van der Waals surface area contributed by atoms with Gasteiger partial charge in [0.05, 0.1) is 23.4 Å². The largest absolute Gasteiger partial charge is 0.476 e. The van der Waals surface area contributed by atoms with Crippen LogP contribution in [0.4, 0.5) is 5.69 Å². The molecule has 0 unspecified atom stereocenters. The minimum atomic E-state index is 0.293. The third kappa shape index (κ3) is 2.57. The Balaban J connectivity index is 1.99. The van der Waals surface area contributed by atoms with Gasteiger partial charge in [0.2, 0.25) is 5.88 Å². The van der Waals surface area contributed by atoms with Gasteiger partial charge in [0.15, 0.2) is 0 Å². The molecule has 0 aliphatic carbocycles. The van der Waals surface area contributed by atoms with Gasteiger partial charge in [-0.3, -0.25) is 0 Å². The van der Waals surface area contributed by atoms with Gasteiger partial charge in [-0.1, -0.05) is 0 Å². The van der Waals surface area contributed by atoms with Crippen LogP contribution in [-0.4, -0.2) is 16.6 Å². The first-order valence-electron chi connectivity index (χ1n) is 5.38. The standard InChI is InChI=1S/C12H12N4OS/c1-8-10(18-7-16-8)3-5-17-12-11(14)9(6-13)2-4-15-12/h2,4,7H,3,5,14H2,1H3. The summed E-state index contributed by atoms with van der Waals surface area (Å²) in [6.07, 6.45) is 2.27. The second kappa shape index (κ2) is 5.47. The summed E-state index contributed by atoms with van der Waals surface area (Å²) in [5.74, 6) is 0.316. The van der Waals surface area contributed by atoms with Gasteiger partial charge in [0.25, 0.3) is 0 Å². The van der Waals surface area contributed by atoms with Crippen LogP contribution in [0.25, 0.3) is 0 Å². The third-order valence-corrected chi connectivity index (χ3v) is 3.48. The summed E-state index contributed by atoms with van der Waals surface area (Å²) in [5.41, 5.74) is 9.28. The van der Waals surface area contributed by atoms with Crippen molar-refractivity contribution in [3.63, 3.8) is 0 Å². The molecular formula is C12H12N4OS. The summed E-state index contributed by atoms with van der Waals surface area (Å²) in [6, 6.07) is 3.56. The van der Waals surface area contributed by atoms with Crippen LogP contribution in [0.5, 0.6) is 5.88 Å². The minimum Gasteiger partial charge on any atom is -0.476 e. The molecule has 6 heteroatoms. The molecule has 0 atom stereocenters. The van der Waals surface area contributed by atoms with Gasteiger partial charge in [-0.15, -0.1) is 11.3 Å². The molecule has 0 aliphatic rings. The highest BCUT2D eigenvalue weighted by molar-refractivity contribution is 7.09. The maximum absolute atomic E-state index is 8.83. The molecule has 2 heterocycles. The van der Waals surface area contributed by atoms with Gasteiger partial charge < -0.3 is 10.5 Å². The molecule has 2 N–H and O–H groups in total. The molecule has 92 valence electrons. The molecule has 0 saturated heterocycles. The first-order chi connectivity index (χ1) is 8.72. The molecule has 0 saturated carbocycles. The topological polar surface area (TPSA) is 84.8 Å². The number of aromatic nitrogens is 2. The zero-order valence-electron chi connectivity index (χ0n) is 9.88. The van der Waals surface area contributed by atoms with E-state index in [9.17, 15) is 0 Å². The maximum Gasteiger partial charge on any atom is 0.238 e. The smallest absolute Gasteiger partial charge is 0.238 e. The fourth-order valence-corrected chi connectivity index (χ4v) is 2.24. The van der Waals surface area contributed by atoms with Crippen molar-refractivity contribution in [3.05, 3.63) is 33.9 Å². The quantitative estimate of drug-likeness (QED) is 0.907. The van der Waals surface area contributed by atoms with E-state index in [1.807, 2.05) is 18.5 Å². The SMILES string of the molecule is Cc1ncsc1CCOc1nccc(C#N)c1N. The van der Waals surface area contributed by atoms with Crippen molar-refractivity contribution >= 4 is 17.0 Å². The number of nitrogens with two attached hydrogens (primary N) is 1. The van der Waals surface area contributed by atoms with E-state index in [1.165, 1.54) is 11.1 Å². The molecule has 0 fully saturated rings. The third-order valence-electron chi connectivity index (χ3n) is 2.49. The number of aryl methyl sites for hydroxylation is 1. The van der Waals surface area contributed by atoms with Crippen LogP contribution in [0.3, 0.4) is 0 Å². The van der Waals surface area contributed by atoms with E-state index >= 15 is 0 Å². The van der Waals surface area contributed by atoms with Crippen molar-refractivity contribution in [2.75, 3.05) is 12.3 Å². The average molecular weight is 260 g/mol. The molecule has 0 spiro atoms. The summed E-state index contributed by atoms with van der Waals surface area (Å²) in [4.78, 5) is 9.37. The number of nitriles is 1. The second-order valence-corrected chi connectivity index (χ2v) is 4.59. The molecule has 0 amide bonds. The number of nitrogens with zero attached hydrogens (tertiary/aromatic N) is 3. The van der Waals surface area contributed by atoms with Gasteiger partial charge in [-0.05, 0) is 13.0 Å². The number of anilines is 1. The monoisotopic (exact) mass is 260 g/mol. The summed E-state index contributed by atoms with van der Waals surface area (Å²) in [7, 11) is 0. The van der Waals surface area contributed by atoms with Crippen molar-refractivity contribution < 1.29 is 4.74 Å². The molecule has 0 aliphatic heterocycles. The van der Waals surface area contributed by atoms with Crippen LogP contribution in [0, 0.1) is 18.3 Å². The van der Waals surface area contributed by atoms with Crippen LogP contribution in [-0.2, 0) is 6.42 Å². The van der Waals surface area contributed by atoms with E-state index in [4.69, 9.17) is 15.7 Å². The number of thiazole rings is 1. The summed E-state index contributed by atoms with van der Waals surface area (Å²) in [6.45, 7) is 2.43. The number of rotatable bonds is 4. The van der Waals surface area contributed by atoms with Gasteiger partial charge in [-0.2, -0.15) is 5.26 Å². The lowest BCUT2D eigenvalue weighted by Gasteiger charge is -2.07. The molecular weight excluding hydrogens is 248 g/mol. The highest BCUT2D eigenvalue weighted by Crippen LogP contribution is 2.22. The minimum absolute atomic E-state index is 0.293. The van der Waals surface area contributed by atoms with E-state index in [-0.39, 0.29) is 0 Å². The van der Waals surface area contributed by atoms with Crippen LogP contribution in [0.2, 0.25) is 0 Å². The van der Waals surface area contributed by atoms with Crippen LogP contribution in [0.1, 0.15) is 16.1 Å². The normalized spacial score (nSPS) is 10.0. The highest BCUT2D eigenvalue weighted by Gasteiger charge is 2.08. The Labute approximate surface area is 109 Å². The van der Waals surface area contributed by atoms with Gasteiger partial charge in [0.1, 0.15) is 11.8 Å². The fourth-order valence-electron chi connectivity index (χ4n) is 1.47. The molecule has 0 aromatic carbocycles. The summed E-state index contributed by atoms with van der Waals surface area (Å²) < 4.78 is 5.50. The van der Waals surface area contributed by atoms with E-state index in [2.05, 4.69) is 9.97 Å². The number of hydrogen-bond donors (Lipinski definition) is 1. The second-order valence-electron chi connectivity index (χ2n) is 3.65. The van der Waals surface area contributed by atoms with Crippen molar-refractivity contribution in [2.45, 2.75) is 13.3 Å². The molecule has 0 bridgehead atoms. The van der Waals surface area contributed by atoms with E-state index in [1.54, 1.807) is 17.4 Å². The average Bonchev–Trinajstić information content (AvgIpc) is 2.77. The van der Waals surface area contributed by atoms with E-state index in [0.29, 0.717) is 23.7 Å². The predicted octanol–water partition coefficient (Wildman–Crippen LogP) is 1.92. The maximum atomic E-state index is 8.83. The Kier molecular flexibility index (Phi) is 3.75. The lowest BCUT2D eigenvalue weighted by atomic mass is 10.2. The van der Waals surface area contributed by atoms with E-state index in [0.717, 1.165) is 12.1 Å². The summed E-state index contributed by atoms with van der Waals surface area (Å²) in [5, 5.41) is 8.83. The van der Waals surface area contributed by atoms with Crippen molar-refractivity contribution in [1.29, 1.82) is 5.26 Å². The van der Waals surface area contributed by atoms with Gasteiger partial charge in [0, 0.05) is 17.5 Å². The Morgan fingerprint density at radius 1 is 1.50 bits per heavy atom. The number of nitrogen functional groups attached to an aromatic ring is 1. The molecule has 2 aromatic heterocycles. The van der Waals surface area contributed by atoms with E-state index < -0.39 is 0 Å². The number of pyridine rings is 1. The first-order valence-corrected chi connectivity index (χ1v) is 6.26. The molecule has 18 heavy (non-hydrogen) atoms. The predicted molar refractivity (Wildman–Crippen MR) is 69.4 cm³/mol. The lowest BCUT2D eigenvalue weighted by molar-refractivity contribution is 0.312. The van der Waals surface area contributed by atoms with Crippen LogP contribution < -0.4 is 10.5 Å². The first kappa shape index (κ1) is 12.3.